The van der Waals surface area contributed by atoms with E-state index in [-0.39, 0.29) is 0 Å². The molecule has 0 aliphatic carbocycles. The molecule has 1 rings (SSSR count). The summed E-state index contributed by atoms with van der Waals surface area (Å²) in [6.07, 6.45) is 1.37. The van der Waals surface area contributed by atoms with E-state index in [1.165, 1.54) is 11.1 Å². The third kappa shape index (κ3) is 4.18. The summed E-state index contributed by atoms with van der Waals surface area (Å²) in [5, 5.41) is 0. The number of aryl methyl sites for hydroxylation is 1. The number of hydrogen-bond acceptors (Lipinski definition) is 1. The lowest BCUT2D eigenvalue weighted by molar-refractivity contribution is -0.120. The van der Waals surface area contributed by atoms with Gasteiger partial charge in [0.05, 0.1) is 0 Å². The summed E-state index contributed by atoms with van der Waals surface area (Å²) in [6.45, 7) is 8.39. The molecule has 1 heteroatoms. The van der Waals surface area contributed by atoms with E-state index < -0.39 is 0 Å². The van der Waals surface area contributed by atoms with Crippen LogP contribution in [0.25, 0.3) is 0 Å². The zero-order valence-electron chi connectivity index (χ0n) is 10.8. The molecule has 1 atom stereocenters. The van der Waals surface area contributed by atoms with Crippen LogP contribution in [0.4, 0.5) is 0 Å². The van der Waals surface area contributed by atoms with Crippen molar-refractivity contribution in [3.63, 3.8) is 0 Å². The first-order valence-electron chi connectivity index (χ1n) is 6.07. The van der Waals surface area contributed by atoms with E-state index in [0.29, 0.717) is 30.5 Å². The summed E-state index contributed by atoms with van der Waals surface area (Å²) < 4.78 is 0. The highest BCUT2D eigenvalue weighted by atomic mass is 16.1. The summed E-state index contributed by atoms with van der Waals surface area (Å²) in [4.78, 5) is 11.7. The van der Waals surface area contributed by atoms with Gasteiger partial charge >= 0.3 is 0 Å². The number of carbonyl (C=O) groups excluding carboxylic acids is 1. The highest BCUT2D eigenvalue weighted by Crippen LogP contribution is 2.21. The summed E-state index contributed by atoms with van der Waals surface area (Å²) >= 11 is 0. The molecular weight excluding hydrogens is 196 g/mol. The van der Waals surface area contributed by atoms with Gasteiger partial charge in [-0.3, -0.25) is 4.79 Å². The lowest BCUT2D eigenvalue weighted by atomic mass is 9.92. The minimum Gasteiger partial charge on any atom is -0.300 e. The van der Waals surface area contributed by atoms with Gasteiger partial charge in [-0.15, -0.1) is 0 Å². The Hall–Kier alpha value is -1.11. The molecule has 0 aliphatic heterocycles. The van der Waals surface area contributed by atoms with Crippen molar-refractivity contribution in [1.82, 2.24) is 0 Å². The van der Waals surface area contributed by atoms with Crippen LogP contribution in [0.15, 0.2) is 24.3 Å². The van der Waals surface area contributed by atoms with Crippen molar-refractivity contribution < 1.29 is 4.79 Å². The molecule has 0 heterocycles. The van der Waals surface area contributed by atoms with Gasteiger partial charge in [0.25, 0.3) is 0 Å². The molecule has 0 aliphatic rings. The lowest BCUT2D eigenvalue weighted by Gasteiger charge is -2.12. The Balaban J connectivity index is 2.55. The highest BCUT2D eigenvalue weighted by Gasteiger charge is 2.12. The molecule has 1 aromatic carbocycles. The second-order valence-electron chi connectivity index (χ2n) is 5.15. The molecule has 0 aromatic heterocycles. The second-order valence-corrected chi connectivity index (χ2v) is 5.15. The van der Waals surface area contributed by atoms with Crippen LogP contribution >= 0.6 is 0 Å². The van der Waals surface area contributed by atoms with E-state index in [2.05, 4.69) is 52.0 Å². The predicted octanol–water partition coefficient (Wildman–Crippen LogP) is 4.10. The van der Waals surface area contributed by atoms with E-state index in [0.717, 1.165) is 0 Å². The van der Waals surface area contributed by atoms with Gasteiger partial charge in [-0.05, 0) is 24.3 Å². The Labute approximate surface area is 98.9 Å². The standard InChI is InChI=1S/C15H22O/c1-11(2)9-15(16)10-13(4)14-7-5-12(3)6-8-14/h5-8,11,13H,9-10H2,1-4H3/t13-/m0/s1. The van der Waals surface area contributed by atoms with Crippen LogP contribution in [0, 0.1) is 12.8 Å². The van der Waals surface area contributed by atoms with Crippen LogP contribution in [0.5, 0.6) is 0 Å². The smallest absolute Gasteiger partial charge is 0.133 e. The SMILES string of the molecule is Cc1ccc([C@@H](C)CC(=O)CC(C)C)cc1. The van der Waals surface area contributed by atoms with Gasteiger partial charge in [0.1, 0.15) is 5.78 Å². The average Bonchev–Trinajstić information content (AvgIpc) is 2.16. The van der Waals surface area contributed by atoms with Crippen LogP contribution in [-0.4, -0.2) is 5.78 Å². The van der Waals surface area contributed by atoms with E-state index >= 15 is 0 Å². The van der Waals surface area contributed by atoms with Crippen LogP contribution in [0.1, 0.15) is 50.7 Å². The molecule has 0 bridgehead atoms. The number of hydrogen-bond donors (Lipinski definition) is 0. The molecule has 0 N–H and O–H groups in total. The van der Waals surface area contributed by atoms with E-state index in [1.54, 1.807) is 0 Å². The van der Waals surface area contributed by atoms with Crippen molar-refractivity contribution in [1.29, 1.82) is 0 Å². The summed E-state index contributed by atoms with van der Waals surface area (Å²) in [5.41, 5.74) is 2.53. The fourth-order valence-electron chi connectivity index (χ4n) is 1.89. The molecule has 0 saturated heterocycles. The molecule has 16 heavy (non-hydrogen) atoms. The van der Waals surface area contributed by atoms with Gasteiger partial charge in [-0.1, -0.05) is 50.6 Å². The third-order valence-electron chi connectivity index (χ3n) is 2.82. The van der Waals surface area contributed by atoms with Crippen molar-refractivity contribution in [3.05, 3.63) is 35.4 Å². The molecule has 0 unspecified atom stereocenters. The Morgan fingerprint density at radius 2 is 1.62 bits per heavy atom. The maximum Gasteiger partial charge on any atom is 0.133 e. The fraction of sp³-hybridized carbons (Fsp3) is 0.533. The summed E-state index contributed by atoms with van der Waals surface area (Å²) in [7, 11) is 0. The third-order valence-corrected chi connectivity index (χ3v) is 2.82. The monoisotopic (exact) mass is 218 g/mol. The molecule has 1 nitrogen and oxygen atoms in total. The van der Waals surface area contributed by atoms with Crippen LogP contribution in [0.3, 0.4) is 0 Å². The van der Waals surface area contributed by atoms with Gasteiger partial charge in [0.15, 0.2) is 0 Å². The first-order valence-corrected chi connectivity index (χ1v) is 6.07. The fourth-order valence-corrected chi connectivity index (χ4v) is 1.89. The Morgan fingerprint density at radius 3 is 2.12 bits per heavy atom. The molecule has 0 fully saturated rings. The van der Waals surface area contributed by atoms with Crippen LogP contribution in [-0.2, 0) is 4.79 Å². The normalized spacial score (nSPS) is 12.8. The van der Waals surface area contributed by atoms with Crippen molar-refractivity contribution in [2.45, 2.75) is 46.5 Å². The Kier molecular flexibility index (Phi) is 4.72. The zero-order chi connectivity index (χ0) is 12.1. The van der Waals surface area contributed by atoms with Gasteiger partial charge < -0.3 is 0 Å². The molecule has 1 aromatic rings. The number of carbonyl (C=O) groups is 1. The number of Topliss-reactive ketones (excluding diaryl/α,β-unsaturated/α-hetero) is 1. The maximum atomic E-state index is 11.7. The summed E-state index contributed by atoms with van der Waals surface area (Å²) in [5.74, 6) is 1.19. The molecular formula is C15H22O. The minimum absolute atomic E-state index is 0.340. The number of ketones is 1. The van der Waals surface area contributed by atoms with Crippen molar-refractivity contribution >= 4 is 5.78 Å². The molecule has 0 saturated carbocycles. The van der Waals surface area contributed by atoms with Crippen LogP contribution in [0.2, 0.25) is 0 Å². The minimum atomic E-state index is 0.340. The van der Waals surface area contributed by atoms with Crippen molar-refractivity contribution in [3.8, 4) is 0 Å². The first-order chi connectivity index (χ1) is 7.49. The molecule has 0 radical (unpaired) electrons. The van der Waals surface area contributed by atoms with Gasteiger partial charge in [0.2, 0.25) is 0 Å². The first kappa shape index (κ1) is 13.0. The zero-order valence-corrected chi connectivity index (χ0v) is 10.8. The topological polar surface area (TPSA) is 17.1 Å². The average molecular weight is 218 g/mol. The number of benzene rings is 1. The van der Waals surface area contributed by atoms with E-state index in [4.69, 9.17) is 0 Å². The molecule has 0 amide bonds. The van der Waals surface area contributed by atoms with Crippen molar-refractivity contribution in [2.24, 2.45) is 5.92 Å². The van der Waals surface area contributed by atoms with Gasteiger partial charge in [-0.25, -0.2) is 0 Å². The van der Waals surface area contributed by atoms with Crippen LogP contribution < -0.4 is 0 Å². The van der Waals surface area contributed by atoms with Crippen molar-refractivity contribution in [2.75, 3.05) is 0 Å². The van der Waals surface area contributed by atoms with Gasteiger partial charge in [0, 0.05) is 12.8 Å². The molecule has 88 valence electrons. The lowest BCUT2D eigenvalue weighted by Crippen LogP contribution is -2.07. The van der Waals surface area contributed by atoms with Gasteiger partial charge in [-0.2, -0.15) is 0 Å². The maximum absolute atomic E-state index is 11.7. The quantitative estimate of drug-likeness (QED) is 0.727. The van der Waals surface area contributed by atoms with E-state index in [1.807, 2.05) is 0 Å². The largest absolute Gasteiger partial charge is 0.300 e. The Morgan fingerprint density at radius 1 is 1.06 bits per heavy atom. The predicted molar refractivity (Wildman–Crippen MR) is 68.7 cm³/mol. The summed E-state index contributed by atoms with van der Waals surface area (Å²) in [6, 6.07) is 8.48. The second kappa shape index (κ2) is 5.83. The van der Waals surface area contributed by atoms with E-state index in [9.17, 15) is 4.79 Å². The Bertz CT molecular complexity index is 335. The number of rotatable bonds is 5. The molecule has 0 spiro atoms. The highest BCUT2D eigenvalue weighted by molar-refractivity contribution is 5.79.